The van der Waals surface area contributed by atoms with E-state index in [-0.39, 0.29) is 5.91 Å². The second kappa shape index (κ2) is 6.41. The van der Waals surface area contributed by atoms with Gasteiger partial charge in [0.05, 0.1) is 13.5 Å². The van der Waals surface area contributed by atoms with Gasteiger partial charge in [0.1, 0.15) is 5.75 Å². The summed E-state index contributed by atoms with van der Waals surface area (Å²) in [7, 11) is 1.61. The minimum atomic E-state index is 0.0828. The fourth-order valence-electron chi connectivity index (χ4n) is 2.40. The predicted octanol–water partition coefficient (Wildman–Crippen LogP) is 0.847. The molecule has 1 heterocycles. The summed E-state index contributed by atoms with van der Waals surface area (Å²) in [6, 6.07) is 5.84. The van der Waals surface area contributed by atoms with Crippen molar-refractivity contribution in [3.63, 3.8) is 0 Å². The molecule has 2 rings (SSSR count). The topological polar surface area (TPSA) is 49.9 Å². The van der Waals surface area contributed by atoms with E-state index in [4.69, 9.17) is 4.74 Å². The third kappa shape index (κ3) is 3.29. The van der Waals surface area contributed by atoms with E-state index in [1.807, 2.05) is 30.0 Å². The molecule has 0 N–H and O–H groups in total. The Kier molecular flexibility index (Phi) is 4.61. The summed E-state index contributed by atoms with van der Waals surface area (Å²) in [5.41, 5.74) is 2.02. The molecule has 2 amide bonds. The summed E-state index contributed by atoms with van der Waals surface area (Å²) in [4.78, 5) is 26.5. The maximum absolute atomic E-state index is 12.3. The van der Waals surface area contributed by atoms with Crippen LogP contribution in [0.5, 0.6) is 5.75 Å². The molecule has 108 valence electrons. The number of nitrogens with zero attached hydrogens (tertiary/aromatic N) is 2. The molecular formula is C15H20N2O3. The van der Waals surface area contributed by atoms with Crippen molar-refractivity contribution >= 4 is 12.3 Å². The van der Waals surface area contributed by atoms with Gasteiger partial charge < -0.3 is 14.5 Å². The van der Waals surface area contributed by atoms with Gasteiger partial charge in [0, 0.05) is 31.7 Å². The van der Waals surface area contributed by atoms with Crippen molar-refractivity contribution in [3.8, 4) is 5.75 Å². The third-order valence-electron chi connectivity index (χ3n) is 3.59. The van der Waals surface area contributed by atoms with Gasteiger partial charge in [-0.3, -0.25) is 9.59 Å². The lowest BCUT2D eigenvalue weighted by Crippen LogP contribution is -2.48. The maximum Gasteiger partial charge on any atom is 0.227 e. The number of amides is 2. The van der Waals surface area contributed by atoms with Crippen molar-refractivity contribution in [1.29, 1.82) is 0 Å². The number of carbonyl (C=O) groups excluding carboxylic acids is 2. The SMILES string of the molecule is COc1ccc(C)cc1CC(=O)N1CCN(C=O)CC1. The van der Waals surface area contributed by atoms with Crippen LogP contribution < -0.4 is 4.74 Å². The van der Waals surface area contributed by atoms with Gasteiger partial charge in [-0.15, -0.1) is 0 Å². The van der Waals surface area contributed by atoms with Crippen LogP contribution in [0, 0.1) is 6.92 Å². The summed E-state index contributed by atoms with van der Waals surface area (Å²) in [5, 5.41) is 0. The zero-order chi connectivity index (χ0) is 14.5. The fraction of sp³-hybridized carbons (Fsp3) is 0.467. The van der Waals surface area contributed by atoms with Crippen LogP contribution in [-0.2, 0) is 16.0 Å². The van der Waals surface area contributed by atoms with E-state index in [1.54, 1.807) is 12.0 Å². The molecule has 20 heavy (non-hydrogen) atoms. The molecule has 1 aromatic carbocycles. The van der Waals surface area contributed by atoms with Crippen molar-refractivity contribution in [1.82, 2.24) is 9.80 Å². The molecule has 1 aliphatic rings. The van der Waals surface area contributed by atoms with Crippen LogP contribution >= 0.6 is 0 Å². The van der Waals surface area contributed by atoms with Gasteiger partial charge in [-0.1, -0.05) is 17.7 Å². The molecule has 5 nitrogen and oxygen atoms in total. The van der Waals surface area contributed by atoms with Crippen LogP contribution in [0.25, 0.3) is 0 Å². The second-order valence-electron chi connectivity index (χ2n) is 5.01. The van der Waals surface area contributed by atoms with Gasteiger partial charge >= 0.3 is 0 Å². The van der Waals surface area contributed by atoms with Crippen LogP contribution in [0.2, 0.25) is 0 Å². The molecule has 0 saturated carbocycles. The summed E-state index contributed by atoms with van der Waals surface area (Å²) in [5.74, 6) is 0.829. The Hall–Kier alpha value is -2.04. The lowest BCUT2D eigenvalue weighted by Gasteiger charge is -2.32. The number of benzene rings is 1. The molecule has 0 atom stereocenters. The zero-order valence-electron chi connectivity index (χ0n) is 12.0. The molecule has 0 spiro atoms. The maximum atomic E-state index is 12.3. The van der Waals surface area contributed by atoms with E-state index in [0.717, 1.165) is 23.3 Å². The van der Waals surface area contributed by atoms with Crippen LogP contribution in [0.4, 0.5) is 0 Å². The van der Waals surface area contributed by atoms with Crippen molar-refractivity contribution in [2.75, 3.05) is 33.3 Å². The third-order valence-corrected chi connectivity index (χ3v) is 3.59. The molecule has 1 saturated heterocycles. The van der Waals surface area contributed by atoms with Crippen molar-refractivity contribution < 1.29 is 14.3 Å². The van der Waals surface area contributed by atoms with Gasteiger partial charge in [-0.05, 0) is 13.0 Å². The van der Waals surface area contributed by atoms with Gasteiger partial charge in [-0.2, -0.15) is 0 Å². The highest BCUT2D eigenvalue weighted by molar-refractivity contribution is 5.79. The molecule has 5 heteroatoms. The van der Waals surface area contributed by atoms with Crippen molar-refractivity contribution in [2.45, 2.75) is 13.3 Å². The van der Waals surface area contributed by atoms with E-state index >= 15 is 0 Å². The van der Waals surface area contributed by atoms with Crippen LogP contribution in [0.15, 0.2) is 18.2 Å². The highest BCUT2D eigenvalue weighted by Crippen LogP contribution is 2.21. The Morgan fingerprint density at radius 1 is 1.30 bits per heavy atom. The Bertz CT molecular complexity index is 494. The quantitative estimate of drug-likeness (QED) is 0.766. The van der Waals surface area contributed by atoms with E-state index in [2.05, 4.69) is 0 Å². The summed E-state index contributed by atoms with van der Waals surface area (Å²) >= 11 is 0. The van der Waals surface area contributed by atoms with Crippen molar-refractivity contribution in [2.24, 2.45) is 0 Å². The van der Waals surface area contributed by atoms with E-state index in [9.17, 15) is 9.59 Å². The number of piperazine rings is 1. The lowest BCUT2D eigenvalue weighted by atomic mass is 10.1. The van der Waals surface area contributed by atoms with E-state index in [0.29, 0.717) is 32.6 Å². The first-order chi connectivity index (χ1) is 9.63. The van der Waals surface area contributed by atoms with Crippen LogP contribution in [0.1, 0.15) is 11.1 Å². The molecule has 1 aliphatic heterocycles. The van der Waals surface area contributed by atoms with Gasteiger partial charge in [0.15, 0.2) is 0 Å². The first kappa shape index (κ1) is 14.4. The molecule has 0 unspecified atom stereocenters. The largest absolute Gasteiger partial charge is 0.496 e. The van der Waals surface area contributed by atoms with Crippen LogP contribution in [0.3, 0.4) is 0 Å². The zero-order valence-corrected chi connectivity index (χ0v) is 12.0. The molecule has 0 radical (unpaired) electrons. The Morgan fingerprint density at radius 2 is 2.00 bits per heavy atom. The highest BCUT2D eigenvalue weighted by Gasteiger charge is 2.21. The average molecular weight is 276 g/mol. The smallest absolute Gasteiger partial charge is 0.227 e. The highest BCUT2D eigenvalue weighted by atomic mass is 16.5. The lowest BCUT2D eigenvalue weighted by molar-refractivity contribution is -0.134. The van der Waals surface area contributed by atoms with E-state index < -0.39 is 0 Å². The number of carbonyl (C=O) groups is 2. The summed E-state index contributed by atoms with van der Waals surface area (Å²) in [6.07, 6.45) is 1.18. The van der Waals surface area contributed by atoms with Crippen LogP contribution in [-0.4, -0.2) is 55.4 Å². The minimum absolute atomic E-state index is 0.0828. The minimum Gasteiger partial charge on any atom is -0.496 e. The number of methoxy groups -OCH3 is 1. The number of aryl methyl sites for hydroxylation is 1. The molecular weight excluding hydrogens is 256 g/mol. The van der Waals surface area contributed by atoms with Gasteiger partial charge in [0.2, 0.25) is 12.3 Å². The molecule has 1 aromatic rings. The normalized spacial score (nSPS) is 15.1. The number of ether oxygens (including phenoxy) is 1. The molecule has 0 aliphatic carbocycles. The van der Waals surface area contributed by atoms with Gasteiger partial charge in [-0.25, -0.2) is 0 Å². The molecule has 0 aromatic heterocycles. The summed E-state index contributed by atoms with van der Waals surface area (Å²) < 4.78 is 5.30. The molecule has 0 bridgehead atoms. The number of hydrogen-bond acceptors (Lipinski definition) is 3. The number of hydrogen-bond donors (Lipinski definition) is 0. The first-order valence-electron chi connectivity index (χ1n) is 6.74. The fourth-order valence-corrected chi connectivity index (χ4v) is 2.40. The molecule has 1 fully saturated rings. The Labute approximate surface area is 119 Å². The Balaban J connectivity index is 2.01. The standard InChI is InChI=1S/C15H20N2O3/c1-12-3-4-14(20-2)13(9-12)10-15(19)17-7-5-16(11-18)6-8-17/h3-4,9,11H,5-8,10H2,1-2H3. The second-order valence-corrected chi connectivity index (χ2v) is 5.01. The van der Waals surface area contributed by atoms with Gasteiger partial charge in [0.25, 0.3) is 0 Å². The van der Waals surface area contributed by atoms with E-state index in [1.165, 1.54) is 0 Å². The average Bonchev–Trinajstić information content (AvgIpc) is 2.47. The first-order valence-corrected chi connectivity index (χ1v) is 6.74. The summed E-state index contributed by atoms with van der Waals surface area (Å²) in [6.45, 7) is 4.42. The van der Waals surface area contributed by atoms with Crippen molar-refractivity contribution in [3.05, 3.63) is 29.3 Å². The predicted molar refractivity (Wildman–Crippen MR) is 75.7 cm³/mol. The number of rotatable bonds is 4. The Morgan fingerprint density at radius 3 is 2.60 bits per heavy atom. The monoisotopic (exact) mass is 276 g/mol.